The van der Waals surface area contributed by atoms with Crippen molar-refractivity contribution >= 4 is 11.4 Å². The van der Waals surface area contributed by atoms with E-state index in [4.69, 9.17) is 4.74 Å². The molecule has 2 aromatic rings. The maximum atomic E-state index is 10.8. The van der Waals surface area contributed by atoms with Gasteiger partial charge in [0.15, 0.2) is 11.5 Å². The van der Waals surface area contributed by atoms with Crippen LogP contribution < -0.4 is 5.32 Å². The van der Waals surface area contributed by atoms with Gasteiger partial charge < -0.3 is 15.2 Å². The first-order valence-electron chi connectivity index (χ1n) is 9.75. The fourth-order valence-electron chi connectivity index (χ4n) is 3.40. The molecule has 138 valence electrons. The third-order valence-electron chi connectivity index (χ3n) is 4.89. The summed E-state index contributed by atoms with van der Waals surface area (Å²) in [6.45, 7) is 2.68. The van der Waals surface area contributed by atoms with Crippen molar-refractivity contribution in [2.24, 2.45) is 0 Å². The molecule has 0 spiro atoms. The van der Waals surface area contributed by atoms with Crippen LogP contribution in [0.25, 0.3) is 5.76 Å². The minimum Gasteiger partial charge on any atom is -0.506 e. The molecule has 1 aliphatic heterocycles. The van der Waals surface area contributed by atoms with E-state index >= 15 is 0 Å². The first-order valence-corrected chi connectivity index (χ1v) is 9.75. The minimum absolute atomic E-state index is 0.0719. The second-order valence-corrected chi connectivity index (χ2v) is 6.93. The molecule has 3 rings (SSSR count). The van der Waals surface area contributed by atoms with Crippen molar-refractivity contribution in [3.63, 3.8) is 0 Å². The van der Waals surface area contributed by atoms with E-state index in [2.05, 4.69) is 18.3 Å². The number of hydrogen-bond acceptors (Lipinski definition) is 3. The lowest BCUT2D eigenvalue weighted by Gasteiger charge is -2.29. The maximum Gasteiger partial charge on any atom is 0.168 e. The molecule has 0 bridgehead atoms. The molecule has 3 nitrogen and oxygen atoms in total. The fraction of sp³-hybridized carbons (Fsp3) is 0.391. The lowest BCUT2D eigenvalue weighted by Crippen LogP contribution is -2.28. The number of para-hydroxylation sites is 1. The van der Waals surface area contributed by atoms with Crippen LogP contribution in [0.3, 0.4) is 0 Å². The van der Waals surface area contributed by atoms with E-state index in [-0.39, 0.29) is 6.04 Å². The highest BCUT2D eigenvalue weighted by atomic mass is 16.5. The Balaban J connectivity index is 1.72. The molecule has 1 heterocycles. The molecule has 0 aromatic heterocycles. The highest BCUT2D eigenvalue weighted by Gasteiger charge is 2.27. The van der Waals surface area contributed by atoms with Crippen LogP contribution in [-0.2, 0) is 11.3 Å². The number of anilines is 1. The lowest BCUT2D eigenvalue weighted by molar-refractivity contribution is 0.238. The van der Waals surface area contributed by atoms with E-state index in [9.17, 15) is 5.11 Å². The predicted octanol–water partition coefficient (Wildman–Crippen LogP) is 6.28. The van der Waals surface area contributed by atoms with E-state index in [1.165, 1.54) is 25.7 Å². The number of ether oxygens (including phenoxy) is 1. The van der Waals surface area contributed by atoms with Gasteiger partial charge in [-0.25, -0.2) is 0 Å². The van der Waals surface area contributed by atoms with Crippen LogP contribution in [-0.4, -0.2) is 11.1 Å². The number of hydrogen-bond donors (Lipinski definition) is 2. The van der Waals surface area contributed by atoms with E-state index in [1.807, 2.05) is 48.5 Å². The SMILES string of the molecule is CCCCCCCC1Nc2ccccc2C(OCc2ccccc2)=C1O. The Morgan fingerprint density at radius 2 is 1.65 bits per heavy atom. The van der Waals surface area contributed by atoms with Crippen molar-refractivity contribution in [3.8, 4) is 0 Å². The Kier molecular flexibility index (Phi) is 6.59. The molecule has 26 heavy (non-hydrogen) atoms. The van der Waals surface area contributed by atoms with Gasteiger partial charge in [0.05, 0.1) is 6.04 Å². The van der Waals surface area contributed by atoms with Crippen molar-refractivity contribution in [1.29, 1.82) is 0 Å². The van der Waals surface area contributed by atoms with E-state index in [0.29, 0.717) is 18.1 Å². The molecular formula is C23H29NO2. The maximum absolute atomic E-state index is 10.8. The topological polar surface area (TPSA) is 41.5 Å². The van der Waals surface area contributed by atoms with Crippen LogP contribution >= 0.6 is 0 Å². The second kappa shape index (κ2) is 9.33. The summed E-state index contributed by atoms with van der Waals surface area (Å²) in [7, 11) is 0. The van der Waals surface area contributed by atoms with Crippen LogP contribution in [0.4, 0.5) is 5.69 Å². The second-order valence-electron chi connectivity index (χ2n) is 6.93. The molecule has 2 aromatic carbocycles. The number of benzene rings is 2. The number of rotatable bonds is 9. The summed E-state index contributed by atoms with van der Waals surface area (Å²) in [4.78, 5) is 0. The molecule has 0 saturated carbocycles. The first kappa shape index (κ1) is 18.4. The standard InChI is InChI=1S/C23H29NO2/c1-2-3-4-5-9-16-21-22(25)23(19-14-10-11-15-20(19)24-21)26-17-18-12-7-6-8-13-18/h6-8,10-15,21,24-25H,2-5,9,16-17H2,1H3. The van der Waals surface area contributed by atoms with Crippen molar-refractivity contribution in [3.05, 3.63) is 71.5 Å². The highest BCUT2D eigenvalue weighted by molar-refractivity contribution is 5.78. The zero-order valence-electron chi connectivity index (χ0n) is 15.6. The van der Waals surface area contributed by atoms with Crippen molar-refractivity contribution in [1.82, 2.24) is 0 Å². The largest absolute Gasteiger partial charge is 0.506 e. The van der Waals surface area contributed by atoms with Crippen LogP contribution in [0.1, 0.15) is 56.6 Å². The number of nitrogens with one attached hydrogen (secondary N) is 1. The van der Waals surface area contributed by atoms with E-state index < -0.39 is 0 Å². The third kappa shape index (κ3) is 4.60. The Bertz CT molecular complexity index is 724. The van der Waals surface area contributed by atoms with Gasteiger partial charge in [-0.05, 0) is 24.1 Å². The first-order chi connectivity index (χ1) is 12.8. The summed E-state index contributed by atoms with van der Waals surface area (Å²) in [5.41, 5.74) is 3.06. The van der Waals surface area contributed by atoms with Crippen LogP contribution in [0.15, 0.2) is 60.4 Å². The van der Waals surface area contributed by atoms with Gasteiger partial charge in [0, 0.05) is 11.3 Å². The minimum atomic E-state index is -0.0719. The fourth-order valence-corrected chi connectivity index (χ4v) is 3.40. The summed E-state index contributed by atoms with van der Waals surface area (Å²) in [6.07, 6.45) is 7.03. The smallest absolute Gasteiger partial charge is 0.168 e. The molecule has 3 heteroatoms. The number of unbranched alkanes of at least 4 members (excludes halogenated alkanes) is 4. The molecule has 1 unspecified atom stereocenters. The summed E-state index contributed by atoms with van der Waals surface area (Å²) >= 11 is 0. The van der Waals surface area contributed by atoms with Gasteiger partial charge >= 0.3 is 0 Å². The summed E-state index contributed by atoms with van der Waals surface area (Å²) < 4.78 is 6.07. The zero-order valence-corrected chi connectivity index (χ0v) is 15.6. The number of aliphatic hydroxyl groups is 1. The monoisotopic (exact) mass is 351 g/mol. The summed E-state index contributed by atoms with van der Waals surface area (Å²) in [6, 6.07) is 18.0. The van der Waals surface area contributed by atoms with Gasteiger partial charge in [0.1, 0.15) is 6.61 Å². The average Bonchev–Trinajstić information content (AvgIpc) is 2.68. The van der Waals surface area contributed by atoms with Crippen LogP contribution in [0.5, 0.6) is 0 Å². The molecule has 0 fully saturated rings. The zero-order chi connectivity index (χ0) is 18.2. The molecule has 0 radical (unpaired) electrons. The molecule has 0 amide bonds. The van der Waals surface area contributed by atoms with Crippen molar-refractivity contribution in [2.45, 2.75) is 58.1 Å². The van der Waals surface area contributed by atoms with Gasteiger partial charge in [-0.3, -0.25) is 0 Å². The molecule has 2 N–H and O–H groups in total. The van der Waals surface area contributed by atoms with E-state index in [0.717, 1.165) is 29.7 Å². The normalized spacial score (nSPS) is 16.1. The van der Waals surface area contributed by atoms with Crippen molar-refractivity contribution in [2.75, 3.05) is 5.32 Å². The quantitative estimate of drug-likeness (QED) is 0.522. The van der Waals surface area contributed by atoms with Gasteiger partial charge in [-0.15, -0.1) is 0 Å². The Morgan fingerprint density at radius 3 is 2.46 bits per heavy atom. The number of aliphatic hydroxyl groups excluding tert-OH is 1. The van der Waals surface area contributed by atoms with Crippen LogP contribution in [0.2, 0.25) is 0 Å². The van der Waals surface area contributed by atoms with Crippen LogP contribution in [0, 0.1) is 0 Å². The predicted molar refractivity (Wildman–Crippen MR) is 108 cm³/mol. The number of fused-ring (bicyclic) bond motifs is 1. The highest BCUT2D eigenvalue weighted by Crippen LogP contribution is 2.35. The Morgan fingerprint density at radius 1 is 0.923 bits per heavy atom. The van der Waals surface area contributed by atoms with Gasteiger partial charge in [0.25, 0.3) is 0 Å². The third-order valence-corrected chi connectivity index (χ3v) is 4.89. The molecule has 1 aliphatic rings. The average molecular weight is 351 g/mol. The summed E-state index contributed by atoms with van der Waals surface area (Å²) in [5, 5.41) is 14.3. The lowest BCUT2D eigenvalue weighted by atomic mass is 9.97. The van der Waals surface area contributed by atoms with Crippen molar-refractivity contribution < 1.29 is 9.84 Å². The van der Waals surface area contributed by atoms with E-state index in [1.54, 1.807) is 0 Å². The van der Waals surface area contributed by atoms with Gasteiger partial charge in [0.2, 0.25) is 0 Å². The molecule has 0 aliphatic carbocycles. The van der Waals surface area contributed by atoms with Gasteiger partial charge in [-0.2, -0.15) is 0 Å². The molecule has 0 saturated heterocycles. The molecule has 1 atom stereocenters. The molecular weight excluding hydrogens is 322 g/mol. The Labute approximate surface area is 156 Å². The summed E-state index contributed by atoms with van der Waals surface area (Å²) in [5.74, 6) is 0.942. The van der Waals surface area contributed by atoms with Gasteiger partial charge in [-0.1, -0.05) is 81.5 Å². The Hall–Kier alpha value is -2.42.